The molecule has 0 radical (unpaired) electrons. The lowest BCUT2D eigenvalue weighted by molar-refractivity contribution is 0.404. The van der Waals surface area contributed by atoms with Crippen LogP contribution < -0.4 is 11.3 Å². The Labute approximate surface area is 107 Å². The van der Waals surface area contributed by atoms with Gasteiger partial charge in [-0.2, -0.15) is 0 Å². The number of hydrogen-bond acceptors (Lipinski definition) is 3. The molecule has 2 saturated carbocycles. The van der Waals surface area contributed by atoms with Crippen LogP contribution in [0.2, 0.25) is 0 Å². The molecule has 1 aromatic heterocycles. The van der Waals surface area contributed by atoms with E-state index in [1.807, 2.05) is 13.8 Å². The van der Waals surface area contributed by atoms with Crippen molar-refractivity contribution < 1.29 is 0 Å². The third kappa shape index (κ3) is 1.74. The SMILES string of the molecule is CC(C)c1c(N)nc(C2CC3CCC2C3)[nH]c1=O. The molecular weight excluding hydrogens is 226 g/mol. The molecular formula is C14H21N3O. The number of aromatic nitrogens is 2. The number of hydrogen-bond donors (Lipinski definition) is 2. The monoisotopic (exact) mass is 247 g/mol. The summed E-state index contributed by atoms with van der Waals surface area (Å²) in [7, 11) is 0. The van der Waals surface area contributed by atoms with E-state index in [0.29, 0.717) is 23.2 Å². The lowest BCUT2D eigenvalue weighted by Gasteiger charge is -2.21. The third-order valence-electron chi connectivity index (χ3n) is 4.67. The Kier molecular flexibility index (Phi) is 2.68. The first kappa shape index (κ1) is 11.8. The van der Waals surface area contributed by atoms with Gasteiger partial charge in [0.15, 0.2) is 0 Å². The van der Waals surface area contributed by atoms with Gasteiger partial charge in [-0.3, -0.25) is 4.79 Å². The summed E-state index contributed by atoms with van der Waals surface area (Å²) in [5.74, 6) is 3.36. The fraction of sp³-hybridized carbons (Fsp3) is 0.714. The molecule has 1 aromatic rings. The van der Waals surface area contributed by atoms with E-state index in [4.69, 9.17) is 5.73 Å². The summed E-state index contributed by atoms with van der Waals surface area (Å²) in [5.41, 5.74) is 6.54. The third-order valence-corrected chi connectivity index (χ3v) is 4.67. The van der Waals surface area contributed by atoms with Gasteiger partial charge < -0.3 is 10.7 Å². The molecule has 4 heteroatoms. The fourth-order valence-electron chi connectivity index (χ4n) is 3.83. The number of anilines is 1. The van der Waals surface area contributed by atoms with Crippen LogP contribution >= 0.6 is 0 Å². The summed E-state index contributed by atoms with van der Waals surface area (Å²) >= 11 is 0. The first-order chi connectivity index (χ1) is 8.56. The van der Waals surface area contributed by atoms with Gasteiger partial charge in [0.1, 0.15) is 11.6 Å². The maximum atomic E-state index is 12.1. The first-order valence-corrected chi connectivity index (χ1v) is 6.95. The van der Waals surface area contributed by atoms with E-state index < -0.39 is 0 Å². The van der Waals surface area contributed by atoms with Crippen LogP contribution in [0.4, 0.5) is 5.82 Å². The summed E-state index contributed by atoms with van der Waals surface area (Å²) in [6.45, 7) is 3.94. The highest BCUT2D eigenvalue weighted by molar-refractivity contribution is 5.40. The van der Waals surface area contributed by atoms with Crippen LogP contribution in [0.5, 0.6) is 0 Å². The summed E-state index contributed by atoms with van der Waals surface area (Å²) in [6.07, 6.45) is 5.12. The lowest BCUT2D eigenvalue weighted by atomic mass is 9.88. The van der Waals surface area contributed by atoms with E-state index in [2.05, 4.69) is 9.97 Å². The summed E-state index contributed by atoms with van der Waals surface area (Å²) in [5, 5.41) is 0. The predicted octanol–water partition coefficient (Wildman–Crippen LogP) is 2.38. The highest BCUT2D eigenvalue weighted by Crippen LogP contribution is 2.52. The smallest absolute Gasteiger partial charge is 0.256 e. The quantitative estimate of drug-likeness (QED) is 0.842. The van der Waals surface area contributed by atoms with Gasteiger partial charge in [-0.05, 0) is 37.0 Å². The minimum absolute atomic E-state index is 0.0460. The Balaban J connectivity index is 1.97. The van der Waals surface area contributed by atoms with Crippen LogP contribution in [0.1, 0.15) is 62.8 Å². The Morgan fingerprint density at radius 1 is 1.33 bits per heavy atom. The van der Waals surface area contributed by atoms with Gasteiger partial charge in [0.05, 0.1) is 5.56 Å². The largest absolute Gasteiger partial charge is 0.383 e. The average molecular weight is 247 g/mol. The maximum absolute atomic E-state index is 12.1. The minimum atomic E-state index is -0.0460. The number of aromatic amines is 1. The van der Waals surface area contributed by atoms with Gasteiger partial charge in [0.25, 0.3) is 5.56 Å². The minimum Gasteiger partial charge on any atom is -0.383 e. The number of H-pyrrole nitrogens is 1. The molecule has 3 rings (SSSR count). The Hall–Kier alpha value is -1.32. The molecule has 4 nitrogen and oxygen atoms in total. The van der Waals surface area contributed by atoms with E-state index >= 15 is 0 Å². The van der Waals surface area contributed by atoms with Crippen molar-refractivity contribution in [3.8, 4) is 0 Å². The molecule has 2 aliphatic rings. The molecule has 2 aliphatic carbocycles. The zero-order chi connectivity index (χ0) is 12.9. The molecule has 0 aromatic carbocycles. The van der Waals surface area contributed by atoms with Gasteiger partial charge in [0.2, 0.25) is 0 Å². The second-order valence-corrected chi connectivity index (χ2v) is 6.19. The topological polar surface area (TPSA) is 71.8 Å². The van der Waals surface area contributed by atoms with Crippen molar-refractivity contribution in [1.29, 1.82) is 0 Å². The molecule has 0 spiro atoms. The van der Waals surface area contributed by atoms with E-state index in [9.17, 15) is 4.79 Å². The van der Waals surface area contributed by atoms with Crippen molar-refractivity contribution in [3.63, 3.8) is 0 Å². The normalized spacial score (nSPS) is 30.3. The molecule has 1 heterocycles. The molecule has 0 saturated heterocycles. The van der Waals surface area contributed by atoms with Crippen LogP contribution in [0.3, 0.4) is 0 Å². The molecule has 18 heavy (non-hydrogen) atoms. The highest BCUT2D eigenvalue weighted by atomic mass is 16.1. The first-order valence-electron chi connectivity index (χ1n) is 6.95. The lowest BCUT2D eigenvalue weighted by Crippen LogP contribution is -2.23. The van der Waals surface area contributed by atoms with Crippen LogP contribution in [-0.4, -0.2) is 9.97 Å². The molecule has 2 fully saturated rings. The number of nitrogens with one attached hydrogen (secondary N) is 1. The van der Waals surface area contributed by atoms with Gasteiger partial charge in [-0.1, -0.05) is 20.3 Å². The van der Waals surface area contributed by atoms with Crippen LogP contribution in [0, 0.1) is 11.8 Å². The maximum Gasteiger partial charge on any atom is 0.256 e. The zero-order valence-electron chi connectivity index (χ0n) is 11.1. The molecule has 3 N–H and O–H groups in total. The van der Waals surface area contributed by atoms with Crippen molar-refractivity contribution in [2.45, 2.75) is 51.4 Å². The number of fused-ring (bicyclic) bond motifs is 2. The number of nitrogens with two attached hydrogens (primary N) is 1. The van der Waals surface area contributed by atoms with E-state index in [1.54, 1.807) is 0 Å². The van der Waals surface area contributed by atoms with E-state index in [0.717, 1.165) is 11.7 Å². The van der Waals surface area contributed by atoms with Gasteiger partial charge in [-0.25, -0.2) is 4.98 Å². The van der Waals surface area contributed by atoms with Crippen LogP contribution in [0.25, 0.3) is 0 Å². The molecule has 2 bridgehead atoms. The van der Waals surface area contributed by atoms with Crippen molar-refractivity contribution in [1.82, 2.24) is 9.97 Å². The van der Waals surface area contributed by atoms with Crippen molar-refractivity contribution in [2.75, 3.05) is 5.73 Å². The summed E-state index contributed by atoms with van der Waals surface area (Å²) in [6, 6.07) is 0. The summed E-state index contributed by atoms with van der Waals surface area (Å²) < 4.78 is 0. The van der Waals surface area contributed by atoms with Crippen LogP contribution in [-0.2, 0) is 0 Å². The Morgan fingerprint density at radius 3 is 2.61 bits per heavy atom. The summed E-state index contributed by atoms with van der Waals surface area (Å²) in [4.78, 5) is 19.5. The van der Waals surface area contributed by atoms with Crippen molar-refractivity contribution in [2.24, 2.45) is 11.8 Å². The van der Waals surface area contributed by atoms with Gasteiger partial charge in [0, 0.05) is 5.92 Å². The number of rotatable bonds is 2. The van der Waals surface area contributed by atoms with E-state index in [-0.39, 0.29) is 11.5 Å². The van der Waals surface area contributed by atoms with Gasteiger partial charge in [-0.15, -0.1) is 0 Å². The molecule has 0 amide bonds. The standard InChI is InChI=1S/C14H21N3O/c1-7(2)11-12(15)16-13(17-14(11)18)10-6-8-3-4-9(10)5-8/h7-10H,3-6H2,1-2H3,(H3,15,16,17,18). The zero-order valence-corrected chi connectivity index (χ0v) is 11.1. The van der Waals surface area contributed by atoms with Crippen molar-refractivity contribution >= 4 is 5.82 Å². The number of nitrogen functional groups attached to an aromatic ring is 1. The van der Waals surface area contributed by atoms with E-state index in [1.165, 1.54) is 25.7 Å². The predicted molar refractivity (Wildman–Crippen MR) is 71.5 cm³/mol. The average Bonchev–Trinajstić information content (AvgIpc) is 2.88. The fourth-order valence-corrected chi connectivity index (χ4v) is 3.83. The molecule has 3 unspecified atom stereocenters. The second-order valence-electron chi connectivity index (χ2n) is 6.19. The van der Waals surface area contributed by atoms with Crippen molar-refractivity contribution in [3.05, 3.63) is 21.7 Å². The number of nitrogens with zero attached hydrogens (tertiary/aromatic N) is 1. The molecule has 3 atom stereocenters. The second kappa shape index (κ2) is 4.11. The molecule has 98 valence electrons. The Morgan fingerprint density at radius 2 is 2.11 bits per heavy atom. The van der Waals surface area contributed by atoms with Crippen LogP contribution in [0.15, 0.2) is 4.79 Å². The van der Waals surface area contributed by atoms with Gasteiger partial charge >= 0.3 is 0 Å². The highest BCUT2D eigenvalue weighted by Gasteiger charge is 2.41. The molecule has 0 aliphatic heterocycles. The Bertz CT molecular complexity index is 520.